The van der Waals surface area contributed by atoms with E-state index in [0.29, 0.717) is 12.6 Å². The minimum Gasteiger partial charge on any atom is -0.352 e. The van der Waals surface area contributed by atoms with Crippen LogP contribution in [-0.4, -0.2) is 62.5 Å². The van der Waals surface area contributed by atoms with Crippen LogP contribution in [-0.2, 0) is 24.9 Å². The average Bonchev–Trinajstić information content (AvgIpc) is 3.18. The van der Waals surface area contributed by atoms with Crippen LogP contribution >= 0.6 is 0 Å². The molecule has 2 aromatic heterocycles. The highest BCUT2D eigenvalue weighted by molar-refractivity contribution is 5.78. The van der Waals surface area contributed by atoms with E-state index in [1.54, 1.807) is 6.20 Å². The van der Waals surface area contributed by atoms with Crippen LogP contribution in [0.4, 0.5) is 0 Å². The van der Waals surface area contributed by atoms with Crippen LogP contribution in [0.1, 0.15) is 37.1 Å². The van der Waals surface area contributed by atoms with Gasteiger partial charge in [-0.3, -0.25) is 19.6 Å². The van der Waals surface area contributed by atoms with Crippen molar-refractivity contribution < 1.29 is 4.79 Å². The van der Waals surface area contributed by atoms with Crippen molar-refractivity contribution in [2.45, 2.75) is 44.8 Å². The Kier molecular flexibility index (Phi) is 6.56. The Balaban J connectivity index is 1.23. The molecular weight excluding hydrogens is 364 g/mol. The van der Waals surface area contributed by atoms with Gasteiger partial charge in [0.05, 0.1) is 12.5 Å². The summed E-state index contributed by atoms with van der Waals surface area (Å²) in [5.41, 5.74) is 1.05. The van der Waals surface area contributed by atoms with Crippen LogP contribution in [0.15, 0.2) is 36.9 Å². The van der Waals surface area contributed by atoms with Crippen molar-refractivity contribution in [3.8, 4) is 0 Å². The zero-order valence-electron chi connectivity index (χ0n) is 17.3. The fourth-order valence-electron chi connectivity index (χ4n) is 4.58. The second-order valence-corrected chi connectivity index (χ2v) is 8.37. The lowest BCUT2D eigenvalue weighted by molar-refractivity contribution is -0.127. The zero-order valence-corrected chi connectivity index (χ0v) is 17.3. The standard InChI is InChI=1S/C22H32N6O/c1-26-13-9-24-21(26)17-27-11-6-20(7-12-27)28-10-3-5-19(16-28)22(29)25-15-18-4-2-8-23-14-18/h2,4,8-9,13-14,19-20H,3,5-7,10-12,15-17H2,1H3,(H,25,29). The van der Waals surface area contributed by atoms with Crippen LogP contribution in [0.3, 0.4) is 0 Å². The molecule has 7 heteroatoms. The Morgan fingerprint density at radius 1 is 1.21 bits per heavy atom. The highest BCUT2D eigenvalue weighted by Crippen LogP contribution is 2.24. The van der Waals surface area contributed by atoms with Gasteiger partial charge in [0.15, 0.2) is 0 Å². The van der Waals surface area contributed by atoms with Crippen molar-refractivity contribution >= 4 is 5.91 Å². The molecule has 2 aliphatic rings. The summed E-state index contributed by atoms with van der Waals surface area (Å²) in [6, 6.07) is 4.50. The summed E-state index contributed by atoms with van der Waals surface area (Å²) in [6.45, 7) is 5.71. The fraction of sp³-hybridized carbons (Fsp3) is 0.591. The number of nitrogens with zero attached hydrogens (tertiary/aromatic N) is 5. The predicted octanol–water partition coefficient (Wildman–Crippen LogP) is 1.81. The molecule has 0 saturated carbocycles. The smallest absolute Gasteiger partial charge is 0.224 e. The van der Waals surface area contributed by atoms with Crippen molar-refractivity contribution in [1.82, 2.24) is 29.7 Å². The van der Waals surface area contributed by atoms with Crippen LogP contribution in [0.25, 0.3) is 0 Å². The maximum Gasteiger partial charge on any atom is 0.224 e. The number of piperidine rings is 2. The number of amides is 1. The highest BCUT2D eigenvalue weighted by atomic mass is 16.1. The lowest BCUT2D eigenvalue weighted by atomic mass is 9.93. The van der Waals surface area contributed by atoms with Gasteiger partial charge >= 0.3 is 0 Å². The number of likely N-dealkylation sites (tertiary alicyclic amines) is 2. The summed E-state index contributed by atoms with van der Waals surface area (Å²) in [5.74, 6) is 1.42. The van der Waals surface area contributed by atoms with Gasteiger partial charge < -0.3 is 9.88 Å². The molecule has 29 heavy (non-hydrogen) atoms. The highest BCUT2D eigenvalue weighted by Gasteiger charge is 2.31. The van der Waals surface area contributed by atoms with E-state index in [0.717, 1.165) is 57.0 Å². The first-order valence-electron chi connectivity index (χ1n) is 10.8. The van der Waals surface area contributed by atoms with Crippen LogP contribution in [0.2, 0.25) is 0 Å². The number of aromatic nitrogens is 3. The summed E-state index contributed by atoms with van der Waals surface area (Å²) in [4.78, 5) is 26.3. The largest absolute Gasteiger partial charge is 0.352 e. The van der Waals surface area contributed by atoms with Gasteiger partial charge in [0.25, 0.3) is 0 Å². The van der Waals surface area contributed by atoms with E-state index in [1.807, 2.05) is 30.7 Å². The van der Waals surface area contributed by atoms with Gasteiger partial charge in [-0.15, -0.1) is 0 Å². The first kappa shape index (κ1) is 20.0. The number of carbonyl (C=O) groups is 1. The van der Waals surface area contributed by atoms with Crippen molar-refractivity contribution in [2.24, 2.45) is 13.0 Å². The molecule has 7 nitrogen and oxygen atoms in total. The molecule has 4 heterocycles. The molecule has 2 aromatic rings. The molecule has 0 aliphatic carbocycles. The van der Waals surface area contributed by atoms with Gasteiger partial charge in [-0.2, -0.15) is 0 Å². The first-order valence-corrected chi connectivity index (χ1v) is 10.8. The monoisotopic (exact) mass is 396 g/mol. The number of imidazole rings is 1. The minimum absolute atomic E-state index is 0.103. The molecule has 2 aliphatic heterocycles. The van der Waals surface area contributed by atoms with Gasteiger partial charge in [-0.25, -0.2) is 4.98 Å². The Morgan fingerprint density at radius 3 is 2.79 bits per heavy atom. The molecule has 1 atom stereocenters. The van der Waals surface area contributed by atoms with E-state index >= 15 is 0 Å². The third-order valence-electron chi connectivity index (χ3n) is 6.37. The van der Waals surface area contributed by atoms with E-state index in [4.69, 9.17) is 0 Å². The molecule has 2 saturated heterocycles. The number of hydrogen-bond acceptors (Lipinski definition) is 5. The predicted molar refractivity (Wildman–Crippen MR) is 112 cm³/mol. The normalized spacial score (nSPS) is 21.9. The van der Waals surface area contributed by atoms with Crippen LogP contribution < -0.4 is 5.32 Å². The number of nitrogens with one attached hydrogen (secondary N) is 1. The Hall–Kier alpha value is -2.25. The fourth-order valence-corrected chi connectivity index (χ4v) is 4.58. The molecule has 0 radical (unpaired) electrons. The summed E-state index contributed by atoms with van der Waals surface area (Å²) >= 11 is 0. The Labute approximate surface area is 173 Å². The van der Waals surface area contributed by atoms with Gasteiger partial charge in [-0.1, -0.05) is 6.07 Å². The molecule has 1 amide bonds. The Bertz CT molecular complexity index is 784. The summed E-state index contributed by atoms with van der Waals surface area (Å²) < 4.78 is 2.10. The maximum absolute atomic E-state index is 12.7. The first-order chi connectivity index (χ1) is 14.2. The number of carbonyl (C=O) groups excluding carboxylic acids is 1. The lowest BCUT2D eigenvalue weighted by Crippen LogP contribution is -2.50. The number of hydrogen-bond donors (Lipinski definition) is 1. The van der Waals surface area contributed by atoms with Crippen LogP contribution in [0, 0.1) is 5.92 Å². The van der Waals surface area contributed by atoms with Crippen molar-refractivity contribution in [3.05, 3.63) is 48.3 Å². The second-order valence-electron chi connectivity index (χ2n) is 8.37. The van der Waals surface area contributed by atoms with E-state index in [9.17, 15) is 4.79 Å². The van der Waals surface area contributed by atoms with Gasteiger partial charge in [-0.05, 0) is 43.9 Å². The maximum atomic E-state index is 12.7. The third kappa shape index (κ3) is 5.22. The SMILES string of the molecule is Cn1ccnc1CN1CCC(N2CCCC(C(=O)NCc3cccnc3)C2)CC1. The summed E-state index contributed by atoms with van der Waals surface area (Å²) in [6.07, 6.45) is 11.9. The zero-order chi connectivity index (χ0) is 20.1. The minimum atomic E-state index is 0.103. The number of aryl methyl sites for hydroxylation is 1. The molecule has 2 fully saturated rings. The molecular formula is C22H32N6O. The average molecular weight is 397 g/mol. The molecule has 4 rings (SSSR count). The van der Waals surface area contributed by atoms with E-state index < -0.39 is 0 Å². The molecule has 156 valence electrons. The van der Waals surface area contributed by atoms with Crippen molar-refractivity contribution in [2.75, 3.05) is 26.2 Å². The molecule has 1 unspecified atom stereocenters. The number of pyridine rings is 1. The quantitative estimate of drug-likeness (QED) is 0.807. The van der Waals surface area contributed by atoms with Crippen molar-refractivity contribution in [3.63, 3.8) is 0 Å². The van der Waals surface area contributed by atoms with Crippen molar-refractivity contribution in [1.29, 1.82) is 0 Å². The summed E-state index contributed by atoms with van der Waals surface area (Å²) in [5, 5.41) is 3.11. The van der Waals surface area contributed by atoms with Gasteiger partial charge in [0.1, 0.15) is 5.82 Å². The van der Waals surface area contributed by atoms with Crippen LogP contribution in [0.5, 0.6) is 0 Å². The third-order valence-corrected chi connectivity index (χ3v) is 6.37. The van der Waals surface area contributed by atoms with E-state index in [1.165, 1.54) is 12.8 Å². The second kappa shape index (κ2) is 9.50. The van der Waals surface area contributed by atoms with E-state index in [-0.39, 0.29) is 11.8 Å². The molecule has 0 spiro atoms. The molecule has 0 bridgehead atoms. The lowest BCUT2D eigenvalue weighted by Gasteiger charge is -2.42. The molecule has 0 aromatic carbocycles. The van der Waals surface area contributed by atoms with E-state index in [2.05, 4.69) is 36.7 Å². The molecule has 1 N–H and O–H groups in total. The van der Waals surface area contributed by atoms with Gasteiger partial charge in [0.2, 0.25) is 5.91 Å². The Morgan fingerprint density at radius 2 is 2.07 bits per heavy atom. The van der Waals surface area contributed by atoms with Gasteiger partial charge in [0, 0.05) is 64.1 Å². The summed E-state index contributed by atoms with van der Waals surface area (Å²) in [7, 11) is 2.06. The topological polar surface area (TPSA) is 66.3 Å². The number of rotatable bonds is 6.